The Balaban J connectivity index is 0.000000228. The lowest BCUT2D eigenvalue weighted by Crippen LogP contribution is -2.20. The van der Waals surface area contributed by atoms with Crippen molar-refractivity contribution in [3.8, 4) is 23.3 Å². The SMILES string of the molecule is CC(=O)c1ccc(NC(=S)Nc2cccnc2Oc2ccccc2C(C)(C)C)cc1.CC(=O)c1cccc(NC(=S)Nc2cccnc2Oc2ccccc2C(C)(C)C)c1. The number of nitrogens with one attached hydrogen (secondary N) is 4. The van der Waals surface area contributed by atoms with Gasteiger partial charge in [0.15, 0.2) is 21.8 Å². The molecular formula is C48H50N6O4S2. The number of hydrogen-bond donors (Lipinski definition) is 4. The van der Waals surface area contributed by atoms with Gasteiger partial charge >= 0.3 is 0 Å². The van der Waals surface area contributed by atoms with E-state index in [-0.39, 0.29) is 22.4 Å². The summed E-state index contributed by atoms with van der Waals surface area (Å²) in [5, 5.41) is 13.2. The van der Waals surface area contributed by atoms with E-state index >= 15 is 0 Å². The molecule has 0 bridgehead atoms. The Bertz CT molecular complexity index is 2480. The van der Waals surface area contributed by atoms with E-state index in [1.165, 1.54) is 13.8 Å². The lowest BCUT2D eigenvalue weighted by molar-refractivity contribution is 0.100. The number of rotatable bonds is 10. The van der Waals surface area contributed by atoms with Crippen molar-refractivity contribution in [3.63, 3.8) is 0 Å². The second kappa shape index (κ2) is 20.0. The van der Waals surface area contributed by atoms with Gasteiger partial charge < -0.3 is 30.7 Å². The molecule has 4 N–H and O–H groups in total. The van der Waals surface area contributed by atoms with E-state index in [0.29, 0.717) is 44.5 Å². The summed E-state index contributed by atoms with van der Waals surface area (Å²) in [4.78, 5) is 31.8. The molecule has 0 saturated carbocycles. The zero-order chi connectivity index (χ0) is 43.5. The van der Waals surface area contributed by atoms with Crippen LogP contribution in [0.15, 0.2) is 134 Å². The van der Waals surface area contributed by atoms with E-state index < -0.39 is 0 Å². The Kier molecular flexibility index (Phi) is 14.8. The molecule has 0 fully saturated rings. The molecular weight excluding hydrogens is 789 g/mol. The molecule has 6 rings (SSSR count). The zero-order valence-electron chi connectivity index (χ0n) is 35.0. The lowest BCUT2D eigenvalue weighted by atomic mass is 9.86. The number of carbonyl (C=O) groups excluding carboxylic acids is 2. The van der Waals surface area contributed by atoms with Crippen molar-refractivity contribution in [2.75, 3.05) is 21.3 Å². The highest BCUT2D eigenvalue weighted by Crippen LogP contribution is 2.37. The highest BCUT2D eigenvalue weighted by Gasteiger charge is 2.21. The lowest BCUT2D eigenvalue weighted by Gasteiger charge is -2.23. The van der Waals surface area contributed by atoms with Gasteiger partial charge in [-0.1, -0.05) is 90.1 Å². The average molecular weight is 839 g/mol. The first-order chi connectivity index (χ1) is 28.5. The molecule has 0 aliphatic heterocycles. The molecule has 308 valence electrons. The van der Waals surface area contributed by atoms with Gasteiger partial charge in [0.05, 0.1) is 0 Å². The van der Waals surface area contributed by atoms with Gasteiger partial charge in [-0.25, -0.2) is 9.97 Å². The summed E-state index contributed by atoms with van der Waals surface area (Å²) in [6.45, 7) is 15.9. The van der Waals surface area contributed by atoms with Crippen LogP contribution >= 0.6 is 24.4 Å². The van der Waals surface area contributed by atoms with Crippen LogP contribution in [0.2, 0.25) is 0 Å². The number of nitrogens with zero attached hydrogens (tertiary/aromatic N) is 2. The third-order valence-corrected chi connectivity index (χ3v) is 9.33. The van der Waals surface area contributed by atoms with Gasteiger partial charge in [0.25, 0.3) is 0 Å². The summed E-state index contributed by atoms with van der Waals surface area (Å²) in [5.41, 5.74) is 6.11. The maximum atomic E-state index is 11.6. The van der Waals surface area contributed by atoms with Gasteiger partial charge in [0, 0.05) is 46.0 Å². The quantitative estimate of drug-likeness (QED) is 0.0775. The molecule has 2 heterocycles. The number of para-hydroxylation sites is 2. The number of ether oxygens (including phenoxy) is 2. The van der Waals surface area contributed by atoms with Crippen LogP contribution in [0.25, 0.3) is 0 Å². The summed E-state index contributed by atoms with van der Waals surface area (Å²) in [5.74, 6) is 2.39. The Morgan fingerprint density at radius 2 is 0.950 bits per heavy atom. The standard InChI is InChI=1S/2C24H25N3O2S/c1-16(28)17-9-7-10-18(15-17)26-23(30)27-20-12-8-14-25-22(20)29-21-13-6-5-11-19(21)24(2,3)4;1-16(28)17-11-13-18(14-12-17)26-23(30)27-20-9-7-15-25-22(20)29-21-10-6-5-8-19(21)24(2,3)4/h2*5-15H,1-4H3,(H2,26,27,30). The van der Waals surface area contributed by atoms with E-state index in [2.05, 4.69) is 84.9 Å². The fourth-order valence-electron chi connectivity index (χ4n) is 5.87. The molecule has 0 aliphatic rings. The van der Waals surface area contributed by atoms with Crippen LogP contribution in [0.4, 0.5) is 22.7 Å². The van der Waals surface area contributed by atoms with Crippen LogP contribution < -0.4 is 30.7 Å². The van der Waals surface area contributed by atoms with Crippen molar-refractivity contribution < 1.29 is 19.1 Å². The fourth-order valence-corrected chi connectivity index (χ4v) is 6.32. The first kappa shape index (κ1) is 44.6. The number of ketones is 2. The van der Waals surface area contributed by atoms with Crippen molar-refractivity contribution in [3.05, 3.63) is 156 Å². The Hall–Kier alpha value is -6.50. The monoisotopic (exact) mass is 838 g/mol. The molecule has 2 aromatic heterocycles. The van der Waals surface area contributed by atoms with Crippen molar-refractivity contribution >= 4 is 69.0 Å². The molecule has 60 heavy (non-hydrogen) atoms. The first-order valence-corrected chi connectivity index (χ1v) is 20.1. The Morgan fingerprint density at radius 1 is 0.500 bits per heavy atom. The van der Waals surface area contributed by atoms with Crippen LogP contribution in [0.3, 0.4) is 0 Å². The van der Waals surface area contributed by atoms with E-state index in [1.54, 1.807) is 36.7 Å². The summed E-state index contributed by atoms with van der Waals surface area (Å²) < 4.78 is 12.3. The topological polar surface area (TPSA) is 126 Å². The van der Waals surface area contributed by atoms with Gasteiger partial charge in [-0.3, -0.25) is 9.59 Å². The number of thiocarbonyl (C=S) groups is 2. The van der Waals surface area contributed by atoms with Crippen molar-refractivity contribution in [2.24, 2.45) is 0 Å². The van der Waals surface area contributed by atoms with Crippen molar-refractivity contribution in [2.45, 2.75) is 66.2 Å². The third-order valence-electron chi connectivity index (χ3n) is 8.92. The van der Waals surface area contributed by atoms with Gasteiger partial charge in [-0.2, -0.15) is 0 Å². The molecule has 12 heteroatoms. The van der Waals surface area contributed by atoms with Crippen molar-refractivity contribution in [1.82, 2.24) is 9.97 Å². The van der Waals surface area contributed by atoms with E-state index in [1.807, 2.05) is 84.9 Å². The van der Waals surface area contributed by atoms with Crippen molar-refractivity contribution in [1.29, 1.82) is 0 Å². The van der Waals surface area contributed by atoms with Gasteiger partial charge in [-0.15, -0.1) is 0 Å². The summed E-state index contributed by atoms with van der Waals surface area (Å²) >= 11 is 10.9. The molecule has 0 atom stereocenters. The number of carbonyl (C=O) groups is 2. The fraction of sp³-hybridized carbons (Fsp3) is 0.208. The first-order valence-electron chi connectivity index (χ1n) is 19.3. The minimum absolute atomic E-state index is 0.00186. The normalized spacial score (nSPS) is 10.9. The largest absolute Gasteiger partial charge is 0.437 e. The number of hydrogen-bond acceptors (Lipinski definition) is 8. The minimum atomic E-state index is -0.0719. The molecule has 4 aromatic carbocycles. The second-order valence-corrected chi connectivity index (χ2v) is 16.7. The molecule has 6 aromatic rings. The maximum Gasteiger partial charge on any atom is 0.243 e. The minimum Gasteiger partial charge on any atom is -0.437 e. The van der Waals surface area contributed by atoms with Gasteiger partial charge in [0.2, 0.25) is 11.8 Å². The summed E-state index contributed by atoms with van der Waals surface area (Å²) in [6, 6.07) is 37.5. The van der Waals surface area contributed by atoms with Gasteiger partial charge in [0.1, 0.15) is 22.9 Å². The highest BCUT2D eigenvalue weighted by atomic mass is 32.1. The summed E-state index contributed by atoms with van der Waals surface area (Å²) in [6.07, 6.45) is 3.35. The van der Waals surface area contributed by atoms with Crippen LogP contribution in [0.1, 0.15) is 87.2 Å². The Morgan fingerprint density at radius 3 is 1.40 bits per heavy atom. The molecule has 10 nitrogen and oxygen atoms in total. The molecule has 0 aliphatic carbocycles. The predicted molar refractivity (Wildman–Crippen MR) is 251 cm³/mol. The molecule has 0 radical (unpaired) electrons. The maximum absolute atomic E-state index is 11.6. The zero-order valence-corrected chi connectivity index (χ0v) is 36.7. The van der Waals surface area contributed by atoms with E-state index in [4.69, 9.17) is 33.9 Å². The van der Waals surface area contributed by atoms with Gasteiger partial charge in [-0.05, 0) is 122 Å². The highest BCUT2D eigenvalue weighted by molar-refractivity contribution is 7.81. The predicted octanol–water partition coefficient (Wildman–Crippen LogP) is 12.4. The number of pyridine rings is 2. The van der Waals surface area contributed by atoms with E-state index in [9.17, 15) is 9.59 Å². The smallest absolute Gasteiger partial charge is 0.243 e. The van der Waals surface area contributed by atoms with Crippen LogP contribution in [0, 0.1) is 0 Å². The van der Waals surface area contributed by atoms with Crippen LogP contribution in [-0.2, 0) is 10.8 Å². The summed E-state index contributed by atoms with van der Waals surface area (Å²) in [7, 11) is 0. The second-order valence-electron chi connectivity index (χ2n) is 15.8. The molecule has 0 saturated heterocycles. The molecule has 0 amide bonds. The van der Waals surface area contributed by atoms with Crippen LogP contribution in [-0.4, -0.2) is 31.8 Å². The number of benzene rings is 4. The number of Topliss-reactive ketones (excluding diaryl/α,β-unsaturated/α-hetero) is 2. The third kappa shape index (κ3) is 12.7. The Labute approximate surface area is 363 Å². The van der Waals surface area contributed by atoms with E-state index in [0.717, 1.165) is 34.0 Å². The molecule has 0 unspecified atom stereocenters. The van der Waals surface area contributed by atoms with Crippen LogP contribution in [0.5, 0.6) is 23.3 Å². The average Bonchev–Trinajstić information content (AvgIpc) is 3.19. The molecule has 0 spiro atoms. The number of aromatic nitrogens is 2. The number of anilines is 4.